The van der Waals surface area contributed by atoms with Gasteiger partial charge in [-0.15, -0.1) is 5.10 Å². The van der Waals surface area contributed by atoms with E-state index in [1.807, 2.05) is 7.05 Å². The highest BCUT2D eigenvalue weighted by atomic mass is 16.4. The van der Waals surface area contributed by atoms with Crippen LogP contribution < -0.4 is 10.2 Å². The lowest BCUT2D eigenvalue weighted by molar-refractivity contribution is 0.380. The second kappa shape index (κ2) is 6.72. The van der Waals surface area contributed by atoms with Gasteiger partial charge in [0.2, 0.25) is 5.89 Å². The molecule has 0 amide bonds. The summed E-state index contributed by atoms with van der Waals surface area (Å²) in [5, 5.41) is 11.2. The Labute approximate surface area is 125 Å². The molecule has 0 radical (unpaired) electrons. The minimum absolute atomic E-state index is 0.622. The minimum Gasteiger partial charge on any atom is -0.407 e. The fourth-order valence-corrected chi connectivity index (χ4v) is 2.87. The van der Waals surface area contributed by atoms with Crippen molar-refractivity contribution < 1.29 is 4.42 Å². The summed E-state index contributed by atoms with van der Waals surface area (Å²) in [6, 6.07) is 11.4. The largest absolute Gasteiger partial charge is 0.407 e. The summed E-state index contributed by atoms with van der Waals surface area (Å²) < 4.78 is 5.66. The Hall–Kier alpha value is -1.88. The van der Waals surface area contributed by atoms with Crippen molar-refractivity contribution in [1.29, 1.82) is 0 Å². The molecule has 2 heterocycles. The molecule has 0 aliphatic carbocycles. The van der Waals surface area contributed by atoms with E-state index in [-0.39, 0.29) is 0 Å². The molecule has 5 heteroatoms. The third-order valence-corrected chi connectivity index (χ3v) is 4.04. The molecule has 1 N–H and O–H groups in total. The van der Waals surface area contributed by atoms with Gasteiger partial charge < -0.3 is 14.6 Å². The van der Waals surface area contributed by atoms with Crippen LogP contribution in [0.15, 0.2) is 34.7 Å². The summed E-state index contributed by atoms with van der Waals surface area (Å²) in [5.41, 5.74) is 1.44. The molecule has 3 rings (SSSR count). The van der Waals surface area contributed by atoms with E-state index in [0.29, 0.717) is 18.5 Å². The number of benzene rings is 1. The van der Waals surface area contributed by atoms with Gasteiger partial charge in [0.15, 0.2) is 0 Å². The predicted octanol–water partition coefficient (Wildman–Crippen LogP) is 2.25. The molecule has 1 aliphatic rings. The van der Waals surface area contributed by atoms with Gasteiger partial charge in [-0.05, 0) is 37.8 Å². The topological polar surface area (TPSA) is 54.2 Å². The van der Waals surface area contributed by atoms with Crippen molar-refractivity contribution in [1.82, 2.24) is 15.5 Å². The molecule has 0 bridgehead atoms. The predicted molar refractivity (Wildman–Crippen MR) is 82.1 cm³/mol. The first-order valence-electron chi connectivity index (χ1n) is 7.61. The van der Waals surface area contributed by atoms with Crippen molar-refractivity contribution in [3.8, 4) is 0 Å². The van der Waals surface area contributed by atoms with E-state index in [9.17, 15) is 0 Å². The van der Waals surface area contributed by atoms with Crippen molar-refractivity contribution >= 4 is 6.01 Å². The molecule has 1 aromatic heterocycles. The van der Waals surface area contributed by atoms with Gasteiger partial charge >= 0.3 is 6.01 Å². The molecule has 1 aliphatic heterocycles. The normalized spacial score (nSPS) is 16.3. The summed E-state index contributed by atoms with van der Waals surface area (Å²) in [6.45, 7) is 2.62. The second-order valence-corrected chi connectivity index (χ2v) is 5.63. The van der Waals surface area contributed by atoms with Crippen LogP contribution in [-0.2, 0) is 13.0 Å². The standard InChI is InChI=1S/C16H22N4O/c1-17-12-15-18-19-16(21-15)20-9-7-14(8-10-20)11-13-5-3-2-4-6-13/h2-6,14,17H,7-12H2,1H3. The lowest BCUT2D eigenvalue weighted by Crippen LogP contribution is -2.34. The molecule has 2 aromatic rings. The number of rotatable bonds is 5. The first-order valence-corrected chi connectivity index (χ1v) is 7.61. The first kappa shape index (κ1) is 14.1. The van der Waals surface area contributed by atoms with Crippen molar-refractivity contribution in [3.05, 3.63) is 41.8 Å². The quantitative estimate of drug-likeness (QED) is 0.913. The first-order chi connectivity index (χ1) is 10.3. The lowest BCUT2D eigenvalue weighted by atomic mass is 9.90. The van der Waals surface area contributed by atoms with Gasteiger partial charge in [-0.1, -0.05) is 35.4 Å². The maximum absolute atomic E-state index is 5.66. The van der Waals surface area contributed by atoms with Crippen LogP contribution in [0.1, 0.15) is 24.3 Å². The molecule has 1 saturated heterocycles. The summed E-state index contributed by atoms with van der Waals surface area (Å²) in [5.74, 6) is 1.40. The second-order valence-electron chi connectivity index (χ2n) is 5.63. The van der Waals surface area contributed by atoms with E-state index in [0.717, 1.165) is 19.0 Å². The smallest absolute Gasteiger partial charge is 0.318 e. The van der Waals surface area contributed by atoms with Gasteiger partial charge in [-0.2, -0.15) is 0 Å². The average molecular weight is 286 g/mol. The number of nitrogens with one attached hydrogen (secondary N) is 1. The number of nitrogens with zero attached hydrogens (tertiary/aromatic N) is 3. The summed E-state index contributed by atoms with van der Waals surface area (Å²) in [4.78, 5) is 2.20. The van der Waals surface area contributed by atoms with Crippen LogP contribution >= 0.6 is 0 Å². The number of aromatic nitrogens is 2. The van der Waals surface area contributed by atoms with E-state index >= 15 is 0 Å². The highest BCUT2D eigenvalue weighted by Gasteiger charge is 2.22. The molecule has 0 spiro atoms. The van der Waals surface area contributed by atoms with Gasteiger partial charge in [0.1, 0.15) is 0 Å². The van der Waals surface area contributed by atoms with Crippen molar-refractivity contribution in [2.75, 3.05) is 25.0 Å². The third kappa shape index (κ3) is 3.61. The molecule has 21 heavy (non-hydrogen) atoms. The summed E-state index contributed by atoms with van der Waals surface area (Å²) in [6.07, 6.45) is 3.53. The Bertz CT molecular complexity index is 546. The molecular formula is C16H22N4O. The number of anilines is 1. The Morgan fingerprint density at radius 3 is 2.67 bits per heavy atom. The molecular weight excluding hydrogens is 264 g/mol. The Morgan fingerprint density at radius 1 is 1.19 bits per heavy atom. The van der Waals surface area contributed by atoms with E-state index in [1.165, 1.54) is 24.8 Å². The van der Waals surface area contributed by atoms with E-state index < -0.39 is 0 Å². The van der Waals surface area contributed by atoms with E-state index in [4.69, 9.17) is 4.42 Å². The number of hydrogen-bond donors (Lipinski definition) is 1. The SMILES string of the molecule is CNCc1nnc(N2CCC(Cc3ccccc3)CC2)o1. The van der Waals surface area contributed by atoms with Crippen LogP contribution in [0.5, 0.6) is 0 Å². The molecule has 1 aromatic carbocycles. The zero-order valence-electron chi connectivity index (χ0n) is 12.5. The van der Waals surface area contributed by atoms with Crippen LogP contribution in [0.3, 0.4) is 0 Å². The van der Waals surface area contributed by atoms with Crippen molar-refractivity contribution in [3.63, 3.8) is 0 Å². The van der Waals surface area contributed by atoms with Crippen LogP contribution in [0.4, 0.5) is 6.01 Å². The zero-order valence-corrected chi connectivity index (χ0v) is 12.5. The van der Waals surface area contributed by atoms with Crippen LogP contribution in [0.2, 0.25) is 0 Å². The number of piperidine rings is 1. The van der Waals surface area contributed by atoms with Crippen molar-refractivity contribution in [2.24, 2.45) is 5.92 Å². The molecule has 112 valence electrons. The Balaban J connectivity index is 1.52. The molecule has 0 atom stereocenters. The van der Waals surface area contributed by atoms with Gasteiger partial charge in [0, 0.05) is 13.1 Å². The van der Waals surface area contributed by atoms with Gasteiger partial charge in [0.25, 0.3) is 0 Å². The molecule has 0 unspecified atom stereocenters. The average Bonchev–Trinajstić information content (AvgIpc) is 2.98. The minimum atomic E-state index is 0.622. The van der Waals surface area contributed by atoms with Gasteiger partial charge in [0.05, 0.1) is 6.54 Å². The zero-order chi connectivity index (χ0) is 14.5. The molecule has 5 nitrogen and oxygen atoms in total. The Kier molecular flexibility index (Phi) is 4.50. The molecule has 0 saturated carbocycles. The monoisotopic (exact) mass is 286 g/mol. The van der Waals surface area contributed by atoms with Crippen LogP contribution in [0, 0.1) is 5.92 Å². The highest BCUT2D eigenvalue weighted by molar-refractivity contribution is 5.25. The van der Waals surface area contributed by atoms with Crippen LogP contribution in [-0.4, -0.2) is 30.3 Å². The number of hydrogen-bond acceptors (Lipinski definition) is 5. The van der Waals surface area contributed by atoms with E-state index in [1.54, 1.807) is 0 Å². The van der Waals surface area contributed by atoms with Gasteiger partial charge in [-0.25, -0.2) is 0 Å². The lowest BCUT2D eigenvalue weighted by Gasteiger charge is -2.30. The van der Waals surface area contributed by atoms with Gasteiger partial charge in [-0.3, -0.25) is 0 Å². The summed E-state index contributed by atoms with van der Waals surface area (Å²) >= 11 is 0. The summed E-state index contributed by atoms with van der Waals surface area (Å²) in [7, 11) is 1.87. The maximum Gasteiger partial charge on any atom is 0.318 e. The van der Waals surface area contributed by atoms with Crippen LogP contribution in [0.25, 0.3) is 0 Å². The van der Waals surface area contributed by atoms with Crippen molar-refractivity contribution in [2.45, 2.75) is 25.8 Å². The molecule has 1 fully saturated rings. The third-order valence-electron chi connectivity index (χ3n) is 4.04. The fourth-order valence-electron chi connectivity index (χ4n) is 2.87. The maximum atomic E-state index is 5.66. The fraction of sp³-hybridized carbons (Fsp3) is 0.500. The highest BCUT2D eigenvalue weighted by Crippen LogP contribution is 2.24. The Morgan fingerprint density at radius 2 is 1.95 bits per heavy atom. The van der Waals surface area contributed by atoms with E-state index in [2.05, 4.69) is 50.7 Å².